The molecular formula is C17H22N4OS. The van der Waals surface area contributed by atoms with Crippen LogP contribution in [0.2, 0.25) is 0 Å². The van der Waals surface area contributed by atoms with Crippen LogP contribution in [-0.2, 0) is 7.05 Å². The number of amides is 1. The zero-order chi connectivity index (χ0) is 16.0. The van der Waals surface area contributed by atoms with Crippen LogP contribution in [0.1, 0.15) is 45.3 Å². The molecular weight excluding hydrogens is 308 g/mol. The fourth-order valence-electron chi connectivity index (χ4n) is 3.06. The molecule has 0 aromatic carbocycles. The molecule has 2 aliphatic carbocycles. The van der Waals surface area contributed by atoms with Crippen LogP contribution >= 0.6 is 11.3 Å². The van der Waals surface area contributed by atoms with Gasteiger partial charge in [0.1, 0.15) is 0 Å². The van der Waals surface area contributed by atoms with Crippen LogP contribution in [0.3, 0.4) is 0 Å². The first kappa shape index (κ1) is 14.9. The Balaban J connectivity index is 1.39. The summed E-state index contributed by atoms with van der Waals surface area (Å²) in [5, 5.41) is 10.7. The van der Waals surface area contributed by atoms with Crippen molar-refractivity contribution in [2.24, 2.45) is 13.0 Å². The lowest BCUT2D eigenvalue weighted by atomic mass is 10.1. The molecule has 0 radical (unpaired) electrons. The average molecular weight is 330 g/mol. The number of carbonyl (C=O) groups excluding carboxylic acids is 1. The van der Waals surface area contributed by atoms with Crippen molar-refractivity contribution < 1.29 is 4.79 Å². The summed E-state index contributed by atoms with van der Waals surface area (Å²) in [6.45, 7) is 3.29. The van der Waals surface area contributed by atoms with Gasteiger partial charge in [-0.15, -0.1) is 11.3 Å². The van der Waals surface area contributed by atoms with Crippen molar-refractivity contribution in [2.75, 3.05) is 11.9 Å². The number of hydrogen-bond acceptors (Lipinski definition) is 4. The van der Waals surface area contributed by atoms with Crippen molar-refractivity contribution >= 4 is 22.9 Å². The SMILES string of the molecule is Cc1sc(C(=O)Nc2cnn(C)c2)cc1C1CC1NCC1CC1. The second kappa shape index (κ2) is 5.76. The van der Waals surface area contributed by atoms with Gasteiger partial charge in [0.05, 0.1) is 16.8 Å². The van der Waals surface area contributed by atoms with Gasteiger partial charge in [-0.2, -0.15) is 5.10 Å². The molecule has 2 N–H and O–H groups in total. The van der Waals surface area contributed by atoms with Crippen LogP contribution in [0.15, 0.2) is 18.5 Å². The molecule has 4 rings (SSSR count). The van der Waals surface area contributed by atoms with E-state index >= 15 is 0 Å². The molecule has 2 unspecified atom stereocenters. The Hall–Kier alpha value is -1.66. The third-order valence-corrected chi connectivity index (χ3v) is 5.76. The number of hydrogen-bond donors (Lipinski definition) is 2. The van der Waals surface area contributed by atoms with E-state index in [1.165, 1.54) is 36.2 Å². The molecule has 2 saturated carbocycles. The standard InChI is InChI=1S/C17H22N4OS/c1-10-13(14-5-15(14)18-7-11-3-4-11)6-16(23-10)17(22)20-12-8-19-21(2)9-12/h6,8-9,11,14-15,18H,3-5,7H2,1-2H3,(H,20,22). The molecule has 1 amide bonds. The van der Waals surface area contributed by atoms with Crippen molar-refractivity contribution in [1.82, 2.24) is 15.1 Å². The van der Waals surface area contributed by atoms with Crippen LogP contribution < -0.4 is 10.6 Å². The van der Waals surface area contributed by atoms with Gasteiger partial charge in [-0.1, -0.05) is 0 Å². The number of nitrogens with zero attached hydrogens (tertiary/aromatic N) is 2. The maximum absolute atomic E-state index is 12.4. The first-order valence-corrected chi connectivity index (χ1v) is 9.05. The summed E-state index contributed by atoms with van der Waals surface area (Å²) in [4.78, 5) is 14.4. The first-order chi connectivity index (χ1) is 11.1. The summed E-state index contributed by atoms with van der Waals surface area (Å²) in [5.41, 5.74) is 2.08. The number of aryl methyl sites for hydroxylation is 2. The Morgan fingerprint density at radius 2 is 2.30 bits per heavy atom. The molecule has 2 aromatic heterocycles. The molecule has 0 bridgehead atoms. The van der Waals surface area contributed by atoms with Crippen LogP contribution in [0.25, 0.3) is 0 Å². The minimum Gasteiger partial charge on any atom is -0.319 e. The van der Waals surface area contributed by atoms with Crippen LogP contribution in [0.5, 0.6) is 0 Å². The number of nitrogens with one attached hydrogen (secondary N) is 2. The summed E-state index contributed by atoms with van der Waals surface area (Å²) in [7, 11) is 1.84. The minimum atomic E-state index is -0.0412. The number of carbonyl (C=O) groups is 1. The van der Waals surface area contributed by atoms with Crippen molar-refractivity contribution in [2.45, 2.75) is 38.1 Å². The highest BCUT2D eigenvalue weighted by atomic mass is 32.1. The van der Waals surface area contributed by atoms with Crippen LogP contribution in [0.4, 0.5) is 5.69 Å². The zero-order valence-corrected chi connectivity index (χ0v) is 14.3. The van der Waals surface area contributed by atoms with E-state index in [1.807, 2.05) is 7.05 Å². The Labute approximate surface area is 140 Å². The molecule has 2 aliphatic rings. The highest BCUT2D eigenvalue weighted by molar-refractivity contribution is 7.14. The fraction of sp³-hybridized carbons (Fsp3) is 0.529. The second-order valence-electron chi connectivity index (χ2n) is 6.78. The molecule has 0 saturated heterocycles. The fourth-order valence-corrected chi connectivity index (χ4v) is 4.05. The Kier molecular flexibility index (Phi) is 3.73. The predicted molar refractivity (Wildman–Crippen MR) is 92.1 cm³/mol. The summed E-state index contributed by atoms with van der Waals surface area (Å²) in [6, 6.07) is 2.69. The van der Waals surface area contributed by atoms with Crippen molar-refractivity contribution in [3.05, 3.63) is 33.8 Å². The topological polar surface area (TPSA) is 59.0 Å². The lowest BCUT2D eigenvalue weighted by molar-refractivity contribution is 0.103. The highest BCUT2D eigenvalue weighted by Crippen LogP contribution is 2.45. The first-order valence-electron chi connectivity index (χ1n) is 8.24. The van der Waals surface area contributed by atoms with Crippen LogP contribution in [0, 0.1) is 12.8 Å². The molecule has 2 heterocycles. The van der Waals surface area contributed by atoms with Gasteiger partial charge in [-0.25, -0.2) is 0 Å². The van der Waals surface area contributed by atoms with Crippen molar-refractivity contribution in [1.29, 1.82) is 0 Å². The highest BCUT2D eigenvalue weighted by Gasteiger charge is 2.40. The van der Waals surface area contributed by atoms with E-state index in [2.05, 4.69) is 28.7 Å². The van der Waals surface area contributed by atoms with Gasteiger partial charge in [0.25, 0.3) is 5.91 Å². The third kappa shape index (κ3) is 3.33. The zero-order valence-electron chi connectivity index (χ0n) is 13.5. The lowest BCUT2D eigenvalue weighted by Crippen LogP contribution is -2.20. The molecule has 6 heteroatoms. The van der Waals surface area contributed by atoms with Gasteiger partial charge in [-0.3, -0.25) is 9.48 Å². The molecule has 23 heavy (non-hydrogen) atoms. The van der Waals surface area contributed by atoms with Gasteiger partial charge in [0.15, 0.2) is 0 Å². The van der Waals surface area contributed by atoms with Gasteiger partial charge in [0.2, 0.25) is 0 Å². The van der Waals surface area contributed by atoms with E-state index in [0.29, 0.717) is 12.0 Å². The quantitative estimate of drug-likeness (QED) is 0.856. The molecule has 122 valence electrons. The van der Waals surface area contributed by atoms with Crippen LogP contribution in [-0.4, -0.2) is 28.3 Å². The van der Waals surface area contributed by atoms with Crippen molar-refractivity contribution in [3.63, 3.8) is 0 Å². The second-order valence-corrected chi connectivity index (χ2v) is 8.04. The monoisotopic (exact) mass is 330 g/mol. The normalized spacial score (nSPS) is 23.0. The number of aromatic nitrogens is 2. The Bertz CT molecular complexity index is 731. The van der Waals surface area contributed by atoms with E-state index in [-0.39, 0.29) is 5.91 Å². The summed E-state index contributed by atoms with van der Waals surface area (Å²) in [5.74, 6) is 1.46. The van der Waals surface area contributed by atoms with Gasteiger partial charge < -0.3 is 10.6 Å². The average Bonchev–Trinajstić information content (AvgIpc) is 3.41. The molecule has 0 spiro atoms. The number of rotatable bonds is 6. The molecule has 5 nitrogen and oxygen atoms in total. The van der Waals surface area contributed by atoms with Crippen molar-refractivity contribution in [3.8, 4) is 0 Å². The summed E-state index contributed by atoms with van der Waals surface area (Å²) >= 11 is 1.59. The van der Waals surface area contributed by atoms with Gasteiger partial charge in [0, 0.05) is 30.1 Å². The Morgan fingerprint density at radius 1 is 1.48 bits per heavy atom. The largest absolute Gasteiger partial charge is 0.319 e. The van der Waals surface area contributed by atoms with E-state index in [4.69, 9.17) is 0 Å². The summed E-state index contributed by atoms with van der Waals surface area (Å²) < 4.78 is 1.68. The van der Waals surface area contributed by atoms with Gasteiger partial charge >= 0.3 is 0 Å². The number of anilines is 1. The molecule has 2 aromatic rings. The lowest BCUT2D eigenvalue weighted by Gasteiger charge is -2.02. The third-order valence-electron chi connectivity index (χ3n) is 4.70. The molecule has 2 atom stereocenters. The van der Waals surface area contributed by atoms with E-state index in [0.717, 1.165) is 16.5 Å². The predicted octanol–water partition coefficient (Wildman–Crippen LogP) is 2.90. The van der Waals surface area contributed by atoms with Gasteiger partial charge in [-0.05, 0) is 50.3 Å². The maximum atomic E-state index is 12.4. The minimum absolute atomic E-state index is 0.0412. The molecule has 2 fully saturated rings. The number of thiophene rings is 1. The van der Waals surface area contributed by atoms with E-state index in [1.54, 1.807) is 28.4 Å². The summed E-state index contributed by atoms with van der Waals surface area (Å²) in [6.07, 6.45) is 7.45. The molecule has 0 aliphatic heterocycles. The smallest absolute Gasteiger partial charge is 0.265 e. The maximum Gasteiger partial charge on any atom is 0.265 e. The van der Waals surface area contributed by atoms with E-state index in [9.17, 15) is 4.79 Å². The Morgan fingerprint density at radius 3 is 3.00 bits per heavy atom. The van der Waals surface area contributed by atoms with E-state index < -0.39 is 0 Å².